The molecule has 1 aliphatic heterocycles. The molecule has 0 radical (unpaired) electrons. The molecule has 0 saturated carbocycles. The zero-order chi connectivity index (χ0) is 12.8. The number of hydrogen-bond acceptors (Lipinski definition) is 5. The molecule has 0 amide bonds. The van der Waals surface area contributed by atoms with E-state index in [2.05, 4.69) is 6.92 Å². The van der Waals surface area contributed by atoms with Crippen LogP contribution in [0.25, 0.3) is 0 Å². The molecule has 1 saturated heterocycles. The van der Waals surface area contributed by atoms with Crippen LogP contribution >= 0.6 is 0 Å². The quantitative estimate of drug-likeness (QED) is 0.709. The van der Waals surface area contributed by atoms with E-state index in [0.717, 1.165) is 12.8 Å². The van der Waals surface area contributed by atoms with Crippen LogP contribution in [-0.4, -0.2) is 56.6 Å². The first-order chi connectivity index (χ1) is 8.15. The van der Waals surface area contributed by atoms with Gasteiger partial charge in [-0.05, 0) is 13.3 Å². The smallest absolute Gasteiger partial charge is 0.184 e. The third-order valence-corrected chi connectivity index (χ3v) is 3.10. The third-order valence-electron chi connectivity index (χ3n) is 3.10. The van der Waals surface area contributed by atoms with Crippen molar-refractivity contribution in [1.82, 2.24) is 0 Å². The van der Waals surface area contributed by atoms with Gasteiger partial charge in [-0.15, -0.1) is 0 Å². The first kappa shape index (κ1) is 14.9. The van der Waals surface area contributed by atoms with Gasteiger partial charge >= 0.3 is 0 Å². The number of hydrogen-bond donors (Lipinski definition) is 1. The van der Waals surface area contributed by atoms with Gasteiger partial charge in [-0.3, -0.25) is 0 Å². The van der Waals surface area contributed by atoms with Crippen LogP contribution in [0.4, 0.5) is 0 Å². The molecule has 5 atom stereocenters. The Bertz CT molecular complexity index is 195. The number of unbranched alkanes of at least 4 members (excludes halogenated alkanes) is 1. The molecule has 0 aromatic rings. The van der Waals surface area contributed by atoms with E-state index in [9.17, 15) is 5.11 Å². The monoisotopic (exact) mass is 248 g/mol. The van der Waals surface area contributed by atoms with E-state index in [1.165, 1.54) is 7.11 Å². The summed E-state index contributed by atoms with van der Waals surface area (Å²) in [5.74, 6) is 0. The molecule has 17 heavy (non-hydrogen) atoms. The van der Waals surface area contributed by atoms with Gasteiger partial charge in [0.1, 0.15) is 18.3 Å². The summed E-state index contributed by atoms with van der Waals surface area (Å²) in [5.41, 5.74) is 0. The number of ether oxygens (including phenoxy) is 4. The predicted molar refractivity (Wildman–Crippen MR) is 62.8 cm³/mol. The fourth-order valence-corrected chi connectivity index (χ4v) is 2.12. The van der Waals surface area contributed by atoms with E-state index in [-0.39, 0.29) is 18.3 Å². The Hall–Kier alpha value is -0.200. The average molecular weight is 248 g/mol. The Balaban J connectivity index is 2.66. The Labute approximate surface area is 103 Å². The molecule has 1 heterocycles. The minimum absolute atomic E-state index is 0.215. The summed E-state index contributed by atoms with van der Waals surface area (Å²) in [7, 11) is 3.15. The van der Waals surface area contributed by atoms with Crippen LogP contribution in [0, 0.1) is 0 Å². The number of aliphatic hydroxyl groups is 1. The second-order valence-corrected chi connectivity index (χ2v) is 4.32. The fraction of sp³-hybridized carbons (Fsp3) is 1.00. The van der Waals surface area contributed by atoms with Gasteiger partial charge in [0.25, 0.3) is 0 Å². The van der Waals surface area contributed by atoms with Crippen LogP contribution in [0.1, 0.15) is 26.7 Å². The maximum Gasteiger partial charge on any atom is 0.184 e. The first-order valence-electron chi connectivity index (χ1n) is 6.16. The Kier molecular flexibility index (Phi) is 6.37. The summed E-state index contributed by atoms with van der Waals surface area (Å²) in [4.78, 5) is 0. The lowest BCUT2D eigenvalue weighted by Crippen LogP contribution is -2.59. The van der Waals surface area contributed by atoms with Crippen LogP contribution in [0.5, 0.6) is 0 Å². The number of aliphatic hydroxyl groups excluding tert-OH is 1. The minimum Gasteiger partial charge on any atom is -0.376 e. The molecule has 1 rings (SSSR count). The molecule has 1 fully saturated rings. The standard InChI is InChI=1S/C12H24O5/c1-5-6-7-16-10-9(14-3)8(2)17-12(13)11(10)15-4/h8-13H,5-7H2,1-4H3/t8-,9-,10+,11+,12?/m0/s1. The highest BCUT2D eigenvalue weighted by Crippen LogP contribution is 2.26. The van der Waals surface area contributed by atoms with Crippen molar-refractivity contribution in [3.05, 3.63) is 0 Å². The van der Waals surface area contributed by atoms with E-state index >= 15 is 0 Å². The molecule has 0 aromatic carbocycles. The van der Waals surface area contributed by atoms with Crippen molar-refractivity contribution in [2.45, 2.75) is 57.4 Å². The fourth-order valence-electron chi connectivity index (χ4n) is 2.12. The average Bonchev–Trinajstić information content (AvgIpc) is 2.29. The van der Waals surface area contributed by atoms with Crippen LogP contribution in [0.3, 0.4) is 0 Å². The highest BCUT2D eigenvalue weighted by molar-refractivity contribution is 4.90. The van der Waals surface area contributed by atoms with Crippen molar-refractivity contribution in [2.75, 3.05) is 20.8 Å². The van der Waals surface area contributed by atoms with Crippen molar-refractivity contribution in [2.24, 2.45) is 0 Å². The van der Waals surface area contributed by atoms with E-state index in [0.29, 0.717) is 6.61 Å². The lowest BCUT2D eigenvalue weighted by molar-refractivity contribution is -0.295. The van der Waals surface area contributed by atoms with Crippen molar-refractivity contribution in [1.29, 1.82) is 0 Å². The molecule has 1 unspecified atom stereocenters. The zero-order valence-electron chi connectivity index (χ0n) is 11.1. The SMILES string of the molecule is CCCCO[C@@H]1[C@@H](OC)[C@H](C)OC(O)[C@@H]1OC. The van der Waals surface area contributed by atoms with Gasteiger partial charge in [0.2, 0.25) is 0 Å². The van der Waals surface area contributed by atoms with Gasteiger partial charge < -0.3 is 24.1 Å². The summed E-state index contributed by atoms with van der Waals surface area (Å²) < 4.78 is 21.8. The summed E-state index contributed by atoms with van der Waals surface area (Å²) in [6.07, 6.45) is -0.157. The van der Waals surface area contributed by atoms with Crippen LogP contribution < -0.4 is 0 Å². The maximum atomic E-state index is 9.80. The van der Waals surface area contributed by atoms with E-state index in [1.807, 2.05) is 6.92 Å². The summed E-state index contributed by atoms with van der Waals surface area (Å²) in [5, 5.41) is 9.80. The molecular weight excluding hydrogens is 224 g/mol. The van der Waals surface area contributed by atoms with Crippen LogP contribution in [0.15, 0.2) is 0 Å². The molecule has 102 valence electrons. The molecule has 1 aliphatic rings. The molecule has 5 nitrogen and oxygen atoms in total. The minimum atomic E-state index is -0.965. The van der Waals surface area contributed by atoms with Gasteiger partial charge in [-0.25, -0.2) is 0 Å². The number of rotatable bonds is 6. The van der Waals surface area contributed by atoms with E-state index in [1.54, 1.807) is 7.11 Å². The number of methoxy groups -OCH3 is 2. The lowest BCUT2D eigenvalue weighted by Gasteiger charge is -2.42. The normalized spacial score (nSPS) is 38.3. The molecule has 0 aliphatic carbocycles. The van der Waals surface area contributed by atoms with Crippen LogP contribution in [-0.2, 0) is 18.9 Å². The van der Waals surface area contributed by atoms with E-state index in [4.69, 9.17) is 18.9 Å². The van der Waals surface area contributed by atoms with Gasteiger partial charge in [0, 0.05) is 20.8 Å². The van der Waals surface area contributed by atoms with Gasteiger partial charge in [0.05, 0.1) is 6.10 Å². The summed E-state index contributed by atoms with van der Waals surface area (Å²) in [6, 6.07) is 0. The van der Waals surface area contributed by atoms with Crippen molar-refractivity contribution < 1.29 is 24.1 Å². The zero-order valence-corrected chi connectivity index (χ0v) is 11.1. The lowest BCUT2D eigenvalue weighted by atomic mass is 9.99. The topological polar surface area (TPSA) is 57.2 Å². The van der Waals surface area contributed by atoms with E-state index < -0.39 is 12.4 Å². The highest BCUT2D eigenvalue weighted by atomic mass is 16.7. The van der Waals surface area contributed by atoms with Gasteiger partial charge in [-0.1, -0.05) is 13.3 Å². The Morgan fingerprint density at radius 1 is 1.12 bits per heavy atom. The third kappa shape index (κ3) is 3.63. The molecule has 1 N–H and O–H groups in total. The second-order valence-electron chi connectivity index (χ2n) is 4.32. The molecular formula is C12H24O5. The molecule has 0 spiro atoms. The highest BCUT2D eigenvalue weighted by Gasteiger charge is 2.45. The van der Waals surface area contributed by atoms with Crippen LogP contribution in [0.2, 0.25) is 0 Å². The van der Waals surface area contributed by atoms with Gasteiger partial charge in [0.15, 0.2) is 6.29 Å². The van der Waals surface area contributed by atoms with Crippen molar-refractivity contribution >= 4 is 0 Å². The summed E-state index contributed by atoms with van der Waals surface area (Å²) >= 11 is 0. The van der Waals surface area contributed by atoms with Gasteiger partial charge in [-0.2, -0.15) is 0 Å². The Morgan fingerprint density at radius 2 is 1.76 bits per heavy atom. The van der Waals surface area contributed by atoms with Crippen molar-refractivity contribution in [3.63, 3.8) is 0 Å². The Morgan fingerprint density at radius 3 is 2.29 bits per heavy atom. The molecule has 0 bridgehead atoms. The molecule has 0 aromatic heterocycles. The predicted octanol–water partition coefficient (Wildman–Crippen LogP) is 0.939. The van der Waals surface area contributed by atoms with Crippen molar-refractivity contribution in [3.8, 4) is 0 Å². The summed E-state index contributed by atoms with van der Waals surface area (Å²) in [6.45, 7) is 4.60. The molecule has 5 heteroatoms. The second kappa shape index (κ2) is 7.28. The first-order valence-corrected chi connectivity index (χ1v) is 6.16. The largest absolute Gasteiger partial charge is 0.376 e. The maximum absolute atomic E-state index is 9.80.